The van der Waals surface area contributed by atoms with Crippen LogP contribution in [0.2, 0.25) is 0 Å². The maximum atomic E-state index is 12.6. The van der Waals surface area contributed by atoms with Crippen LogP contribution >= 0.6 is 0 Å². The minimum atomic E-state index is 0.421. The summed E-state index contributed by atoms with van der Waals surface area (Å²) in [4.78, 5) is 12.6. The standard InChI is InChI=1S/C19H34O/c1-3-5-8-15(4-2)13-19(20)18-12-11-16-9-6-7-10-17(16)14-18/h15-18H,3-14H2,1-2H3. The van der Waals surface area contributed by atoms with Crippen LogP contribution in [0.1, 0.15) is 90.9 Å². The third-order valence-corrected chi connectivity index (χ3v) is 6.03. The van der Waals surface area contributed by atoms with Crippen molar-refractivity contribution in [2.75, 3.05) is 0 Å². The van der Waals surface area contributed by atoms with Crippen LogP contribution in [0.3, 0.4) is 0 Å². The zero-order valence-electron chi connectivity index (χ0n) is 13.7. The van der Waals surface area contributed by atoms with Crippen LogP contribution in [0, 0.1) is 23.7 Å². The molecule has 1 heteroatoms. The van der Waals surface area contributed by atoms with E-state index in [4.69, 9.17) is 0 Å². The van der Waals surface area contributed by atoms with Gasteiger partial charge in [-0.05, 0) is 37.0 Å². The molecule has 0 aromatic rings. The monoisotopic (exact) mass is 278 g/mol. The van der Waals surface area contributed by atoms with Gasteiger partial charge in [0, 0.05) is 12.3 Å². The van der Waals surface area contributed by atoms with Gasteiger partial charge in [-0.25, -0.2) is 0 Å². The number of hydrogen-bond acceptors (Lipinski definition) is 1. The number of Topliss-reactive ketones (excluding diaryl/α,β-unsaturated/α-hetero) is 1. The lowest BCUT2D eigenvalue weighted by atomic mass is 9.66. The maximum Gasteiger partial charge on any atom is 0.136 e. The first-order chi connectivity index (χ1) is 9.74. The van der Waals surface area contributed by atoms with Crippen molar-refractivity contribution in [3.8, 4) is 0 Å². The lowest BCUT2D eigenvalue weighted by molar-refractivity contribution is -0.126. The highest BCUT2D eigenvalue weighted by atomic mass is 16.1. The predicted molar refractivity (Wildman–Crippen MR) is 85.7 cm³/mol. The van der Waals surface area contributed by atoms with Crippen molar-refractivity contribution in [3.63, 3.8) is 0 Å². The Labute approximate surface area is 125 Å². The van der Waals surface area contributed by atoms with Gasteiger partial charge in [0.25, 0.3) is 0 Å². The number of carbonyl (C=O) groups excluding carboxylic acids is 1. The summed E-state index contributed by atoms with van der Waals surface area (Å²) >= 11 is 0. The molecule has 20 heavy (non-hydrogen) atoms. The average Bonchev–Trinajstić information content (AvgIpc) is 2.50. The Hall–Kier alpha value is -0.330. The second kappa shape index (κ2) is 8.20. The first-order valence-electron chi connectivity index (χ1n) is 9.27. The van der Waals surface area contributed by atoms with Gasteiger partial charge in [-0.2, -0.15) is 0 Å². The summed E-state index contributed by atoms with van der Waals surface area (Å²) < 4.78 is 0. The van der Waals surface area contributed by atoms with Crippen molar-refractivity contribution in [3.05, 3.63) is 0 Å². The number of fused-ring (bicyclic) bond motifs is 1. The normalized spacial score (nSPS) is 31.6. The van der Waals surface area contributed by atoms with Crippen molar-refractivity contribution >= 4 is 5.78 Å². The Morgan fingerprint density at radius 1 is 1.05 bits per heavy atom. The molecule has 4 atom stereocenters. The van der Waals surface area contributed by atoms with Crippen LogP contribution in [0.4, 0.5) is 0 Å². The molecule has 0 N–H and O–H groups in total. The van der Waals surface area contributed by atoms with Gasteiger partial charge in [-0.3, -0.25) is 4.79 Å². The van der Waals surface area contributed by atoms with Crippen LogP contribution in [0.5, 0.6) is 0 Å². The van der Waals surface area contributed by atoms with Gasteiger partial charge >= 0.3 is 0 Å². The van der Waals surface area contributed by atoms with Gasteiger partial charge in [0.05, 0.1) is 0 Å². The third kappa shape index (κ3) is 4.33. The quantitative estimate of drug-likeness (QED) is 0.578. The van der Waals surface area contributed by atoms with Crippen LogP contribution in [0.15, 0.2) is 0 Å². The molecule has 1 nitrogen and oxygen atoms in total. The maximum absolute atomic E-state index is 12.6. The highest BCUT2D eigenvalue weighted by molar-refractivity contribution is 5.81. The molecule has 0 spiro atoms. The zero-order valence-corrected chi connectivity index (χ0v) is 13.7. The molecule has 2 aliphatic carbocycles. The Balaban J connectivity index is 1.80. The molecule has 2 saturated carbocycles. The molecule has 2 rings (SSSR count). The number of hydrogen-bond donors (Lipinski definition) is 0. The van der Waals surface area contributed by atoms with E-state index >= 15 is 0 Å². The van der Waals surface area contributed by atoms with Gasteiger partial charge < -0.3 is 0 Å². The van der Waals surface area contributed by atoms with Gasteiger partial charge in [0.1, 0.15) is 5.78 Å². The fourth-order valence-corrected chi connectivity index (χ4v) is 4.56. The molecular weight excluding hydrogens is 244 g/mol. The van der Waals surface area contributed by atoms with E-state index in [9.17, 15) is 4.79 Å². The molecule has 2 aliphatic rings. The summed E-state index contributed by atoms with van der Waals surface area (Å²) in [5.74, 6) is 3.55. The fraction of sp³-hybridized carbons (Fsp3) is 0.947. The molecular formula is C19H34O. The lowest BCUT2D eigenvalue weighted by Crippen LogP contribution is -2.31. The van der Waals surface area contributed by atoms with Gasteiger partial charge in [-0.1, -0.05) is 65.2 Å². The van der Waals surface area contributed by atoms with E-state index in [-0.39, 0.29) is 0 Å². The van der Waals surface area contributed by atoms with E-state index in [0.717, 1.165) is 18.3 Å². The average molecular weight is 278 g/mol. The first-order valence-corrected chi connectivity index (χ1v) is 9.27. The van der Waals surface area contributed by atoms with E-state index in [0.29, 0.717) is 17.6 Å². The molecule has 0 amide bonds. The highest BCUT2D eigenvalue weighted by Crippen LogP contribution is 2.43. The van der Waals surface area contributed by atoms with Crippen LogP contribution in [-0.2, 0) is 4.79 Å². The fourth-order valence-electron chi connectivity index (χ4n) is 4.56. The number of carbonyl (C=O) groups is 1. The minimum Gasteiger partial charge on any atom is -0.299 e. The zero-order chi connectivity index (χ0) is 14.4. The number of ketones is 1. The Morgan fingerprint density at radius 3 is 2.50 bits per heavy atom. The molecule has 0 aliphatic heterocycles. The molecule has 0 aromatic carbocycles. The van der Waals surface area contributed by atoms with Gasteiger partial charge in [-0.15, -0.1) is 0 Å². The summed E-state index contributed by atoms with van der Waals surface area (Å²) in [5.41, 5.74) is 0. The summed E-state index contributed by atoms with van der Waals surface area (Å²) in [6, 6.07) is 0. The smallest absolute Gasteiger partial charge is 0.136 e. The number of rotatable bonds is 7. The first kappa shape index (κ1) is 16.0. The molecule has 0 aromatic heterocycles. The van der Waals surface area contributed by atoms with Crippen molar-refractivity contribution in [1.29, 1.82) is 0 Å². The van der Waals surface area contributed by atoms with Crippen LogP contribution in [0.25, 0.3) is 0 Å². The Morgan fingerprint density at radius 2 is 1.80 bits per heavy atom. The Bertz CT molecular complexity index is 296. The van der Waals surface area contributed by atoms with Crippen molar-refractivity contribution in [1.82, 2.24) is 0 Å². The van der Waals surface area contributed by atoms with E-state index < -0.39 is 0 Å². The lowest BCUT2D eigenvalue weighted by Gasteiger charge is -2.39. The molecule has 0 saturated heterocycles. The summed E-state index contributed by atoms with van der Waals surface area (Å²) in [7, 11) is 0. The van der Waals surface area contributed by atoms with Crippen molar-refractivity contribution in [2.24, 2.45) is 23.7 Å². The minimum absolute atomic E-state index is 0.421. The second-order valence-electron chi connectivity index (χ2n) is 7.40. The highest BCUT2D eigenvalue weighted by Gasteiger charge is 2.35. The largest absolute Gasteiger partial charge is 0.299 e. The summed E-state index contributed by atoms with van der Waals surface area (Å²) in [5, 5.41) is 0. The van der Waals surface area contributed by atoms with E-state index in [2.05, 4.69) is 13.8 Å². The number of unbranched alkanes of at least 4 members (excludes halogenated alkanes) is 1. The van der Waals surface area contributed by atoms with Crippen molar-refractivity contribution in [2.45, 2.75) is 90.9 Å². The molecule has 0 radical (unpaired) electrons. The third-order valence-electron chi connectivity index (χ3n) is 6.03. The Kier molecular flexibility index (Phi) is 6.58. The predicted octanol–water partition coefficient (Wildman–Crippen LogP) is 5.77. The second-order valence-corrected chi connectivity index (χ2v) is 7.40. The molecule has 116 valence electrons. The SMILES string of the molecule is CCCCC(CC)CC(=O)C1CCC2CCCCC2C1. The van der Waals surface area contributed by atoms with E-state index in [1.54, 1.807) is 0 Å². The van der Waals surface area contributed by atoms with E-state index in [1.165, 1.54) is 70.6 Å². The van der Waals surface area contributed by atoms with Crippen LogP contribution in [-0.4, -0.2) is 5.78 Å². The molecule has 0 heterocycles. The summed E-state index contributed by atoms with van der Waals surface area (Å²) in [6.07, 6.45) is 15.3. The van der Waals surface area contributed by atoms with E-state index in [1.807, 2.05) is 0 Å². The topological polar surface area (TPSA) is 17.1 Å². The van der Waals surface area contributed by atoms with Gasteiger partial charge in [0.15, 0.2) is 0 Å². The van der Waals surface area contributed by atoms with Crippen molar-refractivity contribution < 1.29 is 4.79 Å². The molecule has 2 fully saturated rings. The van der Waals surface area contributed by atoms with Crippen LogP contribution < -0.4 is 0 Å². The molecule has 4 unspecified atom stereocenters. The molecule has 0 bridgehead atoms. The summed E-state index contributed by atoms with van der Waals surface area (Å²) in [6.45, 7) is 4.50. The van der Waals surface area contributed by atoms with Gasteiger partial charge in [0.2, 0.25) is 0 Å².